The SMILES string of the molecule is COc1cccc(-c2nc(CN3CCC(NS(=O)(=O)c4ccc(Cl)cc4)CC3)cs2)c1. The van der Waals surface area contributed by atoms with Crippen LogP contribution < -0.4 is 9.46 Å². The predicted molar refractivity (Wildman–Crippen MR) is 124 cm³/mol. The van der Waals surface area contributed by atoms with Crippen LogP contribution in [0.4, 0.5) is 0 Å². The zero-order valence-electron chi connectivity index (χ0n) is 17.1. The number of thiazole rings is 1. The average Bonchev–Trinajstić information content (AvgIpc) is 3.24. The van der Waals surface area contributed by atoms with Crippen molar-refractivity contribution < 1.29 is 13.2 Å². The quantitative estimate of drug-likeness (QED) is 0.545. The number of ether oxygens (including phenoxy) is 1. The molecule has 9 heteroatoms. The Labute approximate surface area is 191 Å². The first-order valence-electron chi connectivity index (χ1n) is 10.0. The lowest BCUT2D eigenvalue weighted by Crippen LogP contribution is -2.44. The van der Waals surface area contributed by atoms with Crippen LogP contribution in [0.3, 0.4) is 0 Å². The van der Waals surface area contributed by atoms with Gasteiger partial charge in [0, 0.05) is 41.6 Å². The molecule has 0 radical (unpaired) electrons. The van der Waals surface area contributed by atoms with Crippen LogP contribution >= 0.6 is 22.9 Å². The van der Waals surface area contributed by atoms with Crippen molar-refractivity contribution in [2.45, 2.75) is 30.3 Å². The van der Waals surface area contributed by atoms with Gasteiger partial charge in [-0.25, -0.2) is 18.1 Å². The van der Waals surface area contributed by atoms with Gasteiger partial charge in [0.25, 0.3) is 0 Å². The number of likely N-dealkylation sites (tertiary alicyclic amines) is 1. The van der Waals surface area contributed by atoms with E-state index >= 15 is 0 Å². The topological polar surface area (TPSA) is 71.5 Å². The number of hydrogen-bond acceptors (Lipinski definition) is 6. The molecule has 2 aromatic carbocycles. The molecule has 3 aromatic rings. The zero-order valence-corrected chi connectivity index (χ0v) is 19.5. The van der Waals surface area contributed by atoms with E-state index in [-0.39, 0.29) is 10.9 Å². The van der Waals surface area contributed by atoms with Gasteiger partial charge in [-0.2, -0.15) is 0 Å². The minimum Gasteiger partial charge on any atom is -0.497 e. The van der Waals surface area contributed by atoms with E-state index in [1.807, 2.05) is 24.3 Å². The molecule has 1 fully saturated rings. The van der Waals surface area contributed by atoms with Gasteiger partial charge in [-0.05, 0) is 49.2 Å². The van der Waals surface area contributed by atoms with Crippen molar-refractivity contribution in [2.75, 3.05) is 20.2 Å². The first-order chi connectivity index (χ1) is 14.9. The number of halogens is 1. The number of aromatic nitrogens is 1. The number of piperidine rings is 1. The van der Waals surface area contributed by atoms with Crippen LogP contribution in [0.5, 0.6) is 5.75 Å². The van der Waals surface area contributed by atoms with E-state index in [4.69, 9.17) is 21.3 Å². The highest BCUT2D eigenvalue weighted by molar-refractivity contribution is 7.89. The average molecular weight is 478 g/mol. The van der Waals surface area contributed by atoms with Crippen molar-refractivity contribution in [3.63, 3.8) is 0 Å². The predicted octanol–water partition coefficient (Wildman–Crippen LogP) is 4.42. The van der Waals surface area contributed by atoms with Crippen LogP contribution in [0.1, 0.15) is 18.5 Å². The molecule has 31 heavy (non-hydrogen) atoms. The number of benzene rings is 2. The largest absolute Gasteiger partial charge is 0.497 e. The van der Waals surface area contributed by atoms with Gasteiger partial charge < -0.3 is 4.74 Å². The fourth-order valence-corrected chi connectivity index (χ4v) is 5.85. The summed E-state index contributed by atoms with van der Waals surface area (Å²) in [7, 11) is -1.88. The molecule has 0 saturated carbocycles. The molecule has 0 amide bonds. The van der Waals surface area contributed by atoms with Gasteiger partial charge >= 0.3 is 0 Å². The van der Waals surface area contributed by atoms with Crippen LogP contribution in [0.25, 0.3) is 10.6 Å². The number of hydrogen-bond donors (Lipinski definition) is 1. The number of methoxy groups -OCH3 is 1. The van der Waals surface area contributed by atoms with Crippen molar-refractivity contribution >= 4 is 33.0 Å². The van der Waals surface area contributed by atoms with Gasteiger partial charge in [0.15, 0.2) is 0 Å². The lowest BCUT2D eigenvalue weighted by Gasteiger charge is -2.31. The summed E-state index contributed by atoms with van der Waals surface area (Å²) in [4.78, 5) is 7.33. The van der Waals surface area contributed by atoms with Crippen molar-refractivity contribution in [2.24, 2.45) is 0 Å². The molecule has 2 heterocycles. The summed E-state index contributed by atoms with van der Waals surface area (Å²) >= 11 is 7.48. The van der Waals surface area contributed by atoms with Crippen molar-refractivity contribution in [3.05, 3.63) is 64.6 Å². The van der Waals surface area contributed by atoms with Crippen LogP contribution in [0.2, 0.25) is 5.02 Å². The third kappa shape index (κ3) is 5.64. The van der Waals surface area contributed by atoms with E-state index in [1.54, 1.807) is 30.6 Å². The molecule has 0 unspecified atom stereocenters. The normalized spacial score (nSPS) is 15.8. The Kier molecular flexibility index (Phi) is 6.93. The van der Waals surface area contributed by atoms with Crippen molar-refractivity contribution in [1.29, 1.82) is 0 Å². The maximum absolute atomic E-state index is 12.6. The van der Waals surface area contributed by atoms with Gasteiger partial charge in [0.2, 0.25) is 10.0 Å². The minimum absolute atomic E-state index is 0.0697. The Balaban J connectivity index is 1.31. The van der Waals surface area contributed by atoms with Crippen LogP contribution in [0, 0.1) is 0 Å². The second-order valence-corrected chi connectivity index (χ2v) is 10.5. The first kappa shape index (κ1) is 22.2. The van der Waals surface area contributed by atoms with E-state index in [2.05, 4.69) is 15.0 Å². The van der Waals surface area contributed by atoms with Crippen molar-refractivity contribution in [1.82, 2.24) is 14.6 Å². The summed E-state index contributed by atoms with van der Waals surface area (Å²) in [5.74, 6) is 0.817. The summed E-state index contributed by atoms with van der Waals surface area (Å²) < 4.78 is 33.3. The molecular formula is C22H24ClN3O3S2. The van der Waals surface area contributed by atoms with E-state index in [9.17, 15) is 8.42 Å². The lowest BCUT2D eigenvalue weighted by atomic mass is 10.1. The molecule has 1 aliphatic heterocycles. The van der Waals surface area contributed by atoms with E-state index in [1.165, 1.54) is 12.1 Å². The molecule has 4 rings (SSSR count). The summed E-state index contributed by atoms with van der Waals surface area (Å²) in [5.41, 5.74) is 2.08. The molecule has 0 atom stereocenters. The second kappa shape index (κ2) is 9.67. The maximum atomic E-state index is 12.6. The monoisotopic (exact) mass is 477 g/mol. The molecule has 1 N–H and O–H groups in total. The van der Waals surface area contributed by atoms with Gasteiger partial charge in [-0.15, -0.1) is 11.3 Å². The highest BCUT2D eigenvalue weighted by Gasteiger charge is 2.25. The van der Waals surface area contributed by atoms with E-state index < -0.39 is 10.0 Å². The highest BCUT2D eigenvalue weighted by Crippen LogP contribution is 2.27. The number of rotatable bonds is 7. The Bertz CT molecular complexity index is 1120. The van der Waals surface area contributed by atoms with Gasteiger partial charge in [0.1, 0.15) is 10.8 Å². The molecule has 0 spiro atoms. The molecule has 164 valence electrons. The zero-order chi connectivity index (χ0) is 21.8. The molecule has 1 aromatic heterocycles. The lowest BCUT2D eigenvalue weighted by molar-refractivity contribution is 0.198. The molecule has 0 bridgehead atoms. The van der Waals surface area contributed by atoms with Gasteiger partial charge in [-0.3, -0.25) is 4.90 Å². The summed E-state index contributed by atoms with van der Waals surface area (Å²) in [6.45, 7) is 2.40. The molecule has 1 aliphatic rings. The van der Waals surface area contributed by atoms with Crippen LogP contribution in [0.15, 0.2) is 58.8 Å². The standard InChI is InChI=1S/C22H24ClN3O3S2/c1-29-20-4-2-3-16(13-20)22-24-19(15-30-22)14-26-11-9-18(10-12-26)25-31(27,28)21-7-5-17(23)6-8-21/h2-8,13,15,18,25H,9-12,14H2,1H3. The Morgan fingerprint density at radius 3 is 2.65 bits per heavy atom. The third-order valence-corrected chi connectivity index (χ3v) is 8.02. The minimum atomic E-state index is -3.53. The van der Waals surface area contributed by atoms with E-state index in [0.29, 0.717) is 5.02 Å². The third-order valence-electron chi connectivity index (χ3n) is 5.29. The Morgan fingerprint density at radius 1 is 1.19 bits per heavy atom. The number of sulfonamides is 1. The summed E-state index contributed by atoms with van der Waals surface area (Å²) in [6.07, 6.45) is 1.53. The van der Waals surface area contributed by atoms with Crippen LogP contribution in [-0.4, -0.2) is 44.5 Å². The maximum Gasteiger partial charge on any atom is 0.240 e. The summed E-state index contributed by atoms with van der Waals surface area (Å²) in [6, 6.07) is 14.1. The fraction of sp³-hybridized carbons (Fsp3) is 0.318. The first-order valence-corrected chi connectivity index (χ1v) is 12.8. The molecular weight excluding hydrogens is 454 g/mol. The van der Waals surface area contributed by atoms with Gasteiger partial charge in [0.05, 0.1) is 17.7 Å². The number of nitrogens with zero attached hydrogens (tertiary/aromatic N) is 2. The van der Waals surface area contributed by atoms with Gasteiger partial charge in [-0.1, -0.05) is 23.7 Å². The van der Waals surface area contributed by atoms with E-state index in [0.717, 1.165) is 54.5 Å². The highest BCUT2D eigenvalue weighted by atomic mass is 35.5. The summed E-state index contributed by atoms with van der Waals surface area (Å²) in [5, 5.41) is 3.58. The molecule has 0 aliphatic carbocycles. The molecule has 6 nitrogen and oxygen atoms in total. The second-order valence-electron chi connectivity index (χ2n) is 7.50. The molecule has 1 saturated heterocycles. The van der Waals surface area contributed by atoms with Crippen LogP contribution in [-0.2, 0) is 16.6 Å². The Hall–Kier alpha value is -1.97. The Morgan fingerprint density at radius 2 is 1.94 bits per heavy atom. The van der Waals surface area contributed by atoms with Crippen molar-refractivity contribution in [3.8, 4) is 16.3 Å². The number of nitrogens with one attached hydrogen (secondary N) is 1. The fourth-order valence-electron chi connectivity index (χ4n) is 3.61. The smallest absolute Gasteiger partial charge is 0.240 e.